The van der Waals surface area contributed by atoms with Gasteiger partial charge in [0.1, 0.15) is 12.1 Å². The van der Waals surface area contributed by atoms with Gasteiger partial charge in [-0.2, -0.15) is 4.31 Å². The van der Waals surface area contributed by atoms with Gasteiger partial charge in [-0.15, -0.1) is 0 Å². The Labute approximate surface area is 218 Å². The van der Waals surface area contributed by atoms with E-state index in [0.29, 0.717) is 49.0 Å². The zero-order valence-corrected chi connectivity index (χ0v) is 22.3. The Hall–Kier alpha value is -3.24. The number of urea groups is 1. The number of nitrogens with zero attached hydrogens (tertiary/aromatic N) is 2. The molecule has 4 rings (SSSR count). The molecular formula is C27H34N4O5S. The highest BCUT2D eigenvalue weighted by Gasteiger charge is 2.52. The van der Waals surface area contributed by atoms with Gasteiger partial charge in [0.05, 0.1) is 4.90 Å². The predicted octanol–water partition coefficient (Wildman–Crippen LogP) is 3.54. The Bertz CT molecular complexity index is 1260. The fraction of sp³-hybridized carbons (Fsp3) is 0.444. The molecule has 2 aliphatic rings. The van der Waals surface area contributed by atoms with Crippen LogP contribution in [-0.2, 0) is 25.2 Å². The van der Waals surface area contributed by atoms with Crippen molar-refractivity contribution < 1.29 is 22.8 Å². The zero-order valence-electron chi connectivity index (χ0n) is 21.4. The molecule has 2 fully saturated rings. The molecule has 198 valence electrons. The molecule has 2 heterocycles. The van der Waals surface area contributed by atoms with Crippen molar-refractivity contribution in [2.45, 2.75) is 50.5 Å². The van der Waals surface area contributed by atoms with Crippen LogP contribution in [0.3, 0.4) is 0 Å². The molecule has 0 saturated carbocycles. The second-order valence-electron chi connectivity index (χ2n) is 10.2. The lowest BCUT2D eigenvalue weighted by molar-refractivity contribution is -0.134. The van der Waals surface area contributed by atoms with Gasteiger partial charge in [0.2, 0.25) is 15.9 Å². The van der Waals surface area contributed by atoms with Crippen LogP contribution in [0.15, 0.2) is 59.5 Å². The highest BCUT2D eigenvalue weighted by Crippen LogP contribution is 2.33. The number of imide groups is 1. The maximum Gasteiger partial charge on any atom is 0.325 e. The van der Waals surface area contributed by atoms with Crippen LogP contribution in [0.1, 0.15) is 45.6 Å². The number of nitrogens with one attached hydrogen (secondary N) is 2. The monoisotopic (exact) mass is 526 g/mol. The first-order chi connectivity index (χ1) is 17.6. The molecule has 2 aromatic rings. The number of benzene rings is 2. The minimum atomic E-state index is -3.64. The molecular weight excluding hydrogens is 492 g/mol. The van der Waals surface area contributed by atoms with Crippen LogP contribution in [0, 0.1) is 11.8 Å². The Kier molecular flexibility index (Phi) is 7.70. The normalized spacial score (nSPS) is 24.7. The average molecular weight is 527 g/mol. The summed E-state index contributed by atoms with van der Waals surface area (Å²) in [5.74, 6) is -0.439. The van der Waals surface area contributed by atoms with E-state index >= 15 is 0 Å². The van der Waals surface area contributed by atoms with Crippen molar-refractivity contribution in [1.29, 1.82) is 0 Å². The Morgan fingerprint density at radius 1 is 1.03 bits per heavy atom. The minimum Gasteiger partial charge on any atom is -0.325 e. The van der Waals surface area contributed by atoms with Gasteiger partial charge in [0.25, 0.3) is 5.91 Å². The molecule has 0 spiro atoms. The summed E-state index contributed by atoms with van der Waals surface area (Å²) in [5.41, 5.74) is -0.154. The van der Waals surface area contributed by atoms with E-state index in [1.54, 1.807) is 24.3 Å². The third kappa shape index (κ3) is 5.40. The molecule has 2 aromatic carbocycles. The quantitative estimate of drug-likeness (QED) is 0.511. The largest absolute Gasteiger partial charge is 0.325 e. The van der Waals surface area contributed by atoms with Gasteiger partial charge in [-0.25, -0.2) is 13.2 Å². The zero-order chi connectivity index (χ0) is 26.8. The van der Waals surface area contributed by atoms with Crippen molar-refractivity contribution in [2.24, 2.45) is 11.8 Å². The van der Waals surface area contributed by atoms with Crippen LogP contribution >= 0.6 is 0 Å². The molecule has 4 amide bonds. The average Bonchev–Trinajstić information content (AvgIpc) is 3.09. The maximum absolute atomic E-state index is 13.4. The number of carbonyl (C=O) groups excluding carboxylic acids is 3. The summed E-state index contributed by atoms with van der Waals surface area (Å²) in [4.78, 5) is 39.9. The van der Waals surface area contributed by atoms with Crippen molar-refractivity contribution >= 4 is 33.6 Å². The predicted molar refractivity (Wildman–Crippen MR) is 140 cm³/mol. The van der Waals surface area contributed by atoms with E-state index in [1.807, 2.05) is 26.8 Å². The van der Waals surface area contributed by atoms with Crippen molar-refractivity contribution in [2.75, 3.05) is 25.0 Å². The molecule has 0 radical (unpaired) electrons. The molecule has 2 aliphatic heterocycles. The lowest BCUT2D eigenvalue weighted by atomic mass is 9.85. The number of carbonyl (C=O) groups is 3. The summed E-state index contributed by atoms with van der Waals surface area (Å²) >= 11 is 0. The molecule has 0 aromatic heterocycles. The van der Waals surface area contributed by atoms with Crippen LogP contribution in [-0.4, -0.2) is 55.1 Å². The van der Waals surface area contributed by atoms with Gasteiger partial charge in [-0.1, -0.05) is 57.5 Å². The summed E-state index contributed by atoms with van der Waals surface area (Å²) in [6.45, 7) is 6.55. The number of amides is 4. The van der Waals surface area contributed by atoms with E-state index in [2.05, 4.69) is 10.6 Å². The van der Waals surface area contributed by atoms with E-state index in [1.165, 1.54) is 28.6 Å². The Morgan fingerprint density at radius 2 is 1.65 bits per heavy atom. The summed E-state index contributed by atoms with van der Waals surface area (Å²) in [6, 6.07) is 14.3. The first-order valence-electron chi connectivity index (χ1n) is 12.7. The SMILES string of the molecule is CCC[C@]1(c2ccccc2)NC(=O)N(CC(=O)Nc2ccc(S(=O)(=O)N3C[C@H](C)C[C@@H](C)C3)cc2)C1=O. The van der Waals surface area contributed by atoms with Crippen molar-refractivity contribution in [3.8, 4) is 0 Å². The van der Waals surface area contributed by atoms with Crippen LogP contribution in [0.25, 0.3) is 0 Å². The van der Waals surface area contributed by atoms with Crippen molar-refractivity contribution in [1.82, 2.24) is 14.5 Å². The third-order valence-corrected chi connectivity index (χ3v) is 8.83. The first kappa shape index (κ1) is 26.8. The Morgan fingerprint density at radius 3 is 2.24 bits per heavy atom. The highest BCUT2D eigenvalue weighted by atomic mass is 32.2. The molecule has 10 heteroatoms. The fourth-order valence-electron chi connectivity index (χ4n) is 5.38. The highest BCUT2D eigenvalue weighted by molar-refractivity contribution is 7.89. The van der Waals surface area contributed by atoms with Crippen LogP contribution < -0.4 is 10.6 Å². The molecule has 0 aliphatic carbocycles. The maximum atomic E-state index is 13.4. The number of hydrogen-bond donors (Lipinski definition) is 2. The van der Waals surface area contributed by atoms with Crippen molar-refractivity contribution in [3.05, 3.63) is 60.2 Å². The summed E-state index contributed by atoms with van der Waals surface area (Å²) in [7, 11) is -3.64. The third-order valence-electron chi connectivity index (χ3n) is 6.98. The number of piperidine rings is 1. The van der Waals surface area contributed by atoms with Gasteiger partial charge >= 0.3 is 6.03 Å². The lowest BCUT2D eigenvalue weighted by Crippen LogP contribution is -2.44. The van der Waals surface area contributed by atoms with E-state index in [0.717, 1.165) is 11.3 Å². The topological polar surface area (TPSA) is 116 Å². The number of hydrogen-bond acceptors (Lipinski definition) is 5. The van der Waals surface area contributed by atoms with Crippen LogP contribution in [0.4, 0.5) is 10.5 Å². The smallest absolute Gasteiger partial charge is 0.325 e. The molecule has 3 atom stereocenters. The summed E-state index contributed by atoms with van der Waals surface area (Å²) < 4.78 is 27.7. The van der Waals surface area contributed by atoms with Crippen LogP contribution in [0.5, 0.6) is 0 Å². The second-order valence-corrected chi connectivity index (χ2v) is 12.1. The molecule has 2 N–H and O–H groups in total. The summed E-state index contributed by atoms with van der Waals surface area (Å²) in [6.07, 6.45) is 2.06. The van der Waals surface area contributed by atoms with E-state index in [4.69, 9.17) is 0 Å². The van der Waals surface area contributed by atoms with E-state index < -0.39 is 40.0 Å². The number of sulfonamides is 1. The van der Waals surface area contributed by atoms with E-state index in [-0.39, 0.29) is 4.90 Å². The molecule has 0 bridgehead atoms. The molecule has 9 nitrogen and oxygen atoms in total. The summed E-state index contributed by atoms with van der Waals surface area (Å²) in [5, 5.41) is 5.46. The van der Waals surface area contributed by atoms with E-state index in [9.17, 15) is 22.8 Å². The second kappa shape index (κ2) is 10.6. The minimum absolute atomic E-state index is 0.160. The fourth-order valence-corrected chi connectivity index (χ4v) is 7.06. The standard InChI is InChI=1S/C27H34N4O5S/c1-4-14-27(21-8-6-5-7-9-21)25(33)31(26(34)29-27)18-24(32)28-22-10-12-23(13-11-22)37(35,36)30-16-19(2)15-20(3)17-30/h5-13,19-20H,4,14-18H2,1-3H3,(H,28,32)(H,29,34)/t19-,20-,27-/m1/s1. The van der Waals surface area contributed by atoms with Crippen LogP contribution in [0.2, 0.25) is 0 Å². The Balaban J connectivity index is 1.44. The molecule has 37 heavy (non-hydrogen) atoms. The molecule has 0 unspecified atom stereocenters. The van der Waals surface area contributed by atoms with Gasteiger partial charge in [0, 0.05) is 18.8 Å². The molecule has 2 saturated heterocycles. The lowest BCUT2D eigenvalue weighted by Gasteiger charge is -2.34. The number of anilines is 1. The van der Waals surface area contributed by atoms with Gasteiger partial charge in [0.15, 0.2) is 0 Å². The number of rotatable bonds is 8. The van der Waals surface area contributed by atoms with Crippen molar-refractivity contribution in [3.63, 3.8) is 0 Å². The first-order valence-corrected chi connectivity index (χ1v) is 14.1. The van der Waals surface area contributed by atoms with Gasteiger partial charge < -0.3 is 10.6 Å². The van der Waals surface area contributed by atoms with Gasteiger partial charge in [-0.05, 0) is 54.5 Å². The van der Waals surface area contributed by atoms with Gasteiger partial charge in [-0.3, -0.25) is 14.5 Å².